The third kappa shape index (κ3) is 6.59. The highest BCUT2D eigenvalue weighted by atomic mass is 79.9. The molecule has 0 atom stereocenters. The van der Waals surface area contributed by atoms with Gasteiger partial charge in [-0.2, -0.15) is 0 Å². The van der Waals surface area contributed by atoms with Crippen LogP contribution in [0.1, 0.15) is 22.3 Å². The predicted octanol–water partition coefficient (Wildman–Crippen LogP) is 7.70. The van der Waals surface area contributed by atoms with Crippen LogP contribution in [0.3, 0.4) is 0 Å². The van der Waals surface area contributed by atoms with Crippen LogP contribution in [-0.4, -0.2) is 16.0 Å². The third-order valence-corrected chi connectivity index (χ3v) is 7.47. The summed E-state index contributed by atoms with van der Waals surface area (Å²) in [6.07, 6.45) is 1.92. The van der Waals surface area contributed by atoms with Crippen LogP contribution < -0.4 is 4.74 Å². The van der Waals surface area contributed by atoms with Crippen LogP contribution in [0.15, 0.2) is 124 Å². The molecular weight excluding hydrogens is 544 g/mol. The van der Waals surface area contributed by atoms with Crippen LogP contribution >= 0.6 is 27.7 Å². The van der Waals surface area contributed by atoms with Crippen molar-refractivity contribution in [2.75, 3.05) is 0 Å². The van der Waals surface area contributed by atoms with Gasteiger partial charge < -0.3 is 4.74 Å². The lowest BCUT2D eigenvalue weighted by molar-refractivity contribution is -0.122. The number of hydrogen-bond acceptors (Lipinski definition) is 4. The number of benzene rings is 4. The number of ether oxygens (including phenoxy) is 1. The fourth-order valence-corrected chi connectivity index (χ4v) is 5.37. The molecule has 6 heteroatoms. The molecule has 4 aromatic carbocycles. The number of halogens is 1. The van der Waals surface area contributed by atoms with Crippen molar-refractivity contribution in [1.82, 2.24) is 4.90 Å². The van der Waals surface area contributed by atoms with Crippen LogP contribution in [0, 0.1) is 0 Å². The van der Waals surface area contributed by atoms with Gasteiger partial charge in [-0.1, -0.05) is 97.1 Å². The molecule has 1 amide bonds. The zero-order chi connectivity index (χ0) is 25.5. The van der Waals surface area contributed by atoms with Gasteiger partial charge in [-0.05, 0) is 68.2 Å². The Labute approximate surface area is 229 Å². The predicted molar refractivity (Wildman–Crippen MR) is 155 cm³/mol. The molecule has 4 aromatic rings. The van der Waals surface area contributed by atoms with E-state index in [1.54, 1.807) is 4.90 Å². The Morgan fingerprint density at radius 1 is 0.811 bits per heavy atom. The Balaban J connectivity index is 1.36. The lowest BCUT2D eigenvalue weighted by Crippen LogP contribution is -2.28. The maximum absolute atomic E-state index is 13.5. The third-order valence-electron chi connectivity index (χ3n) is 5.80. The topological polar surface area (TPSA) is 41.9 Å². The second-order valence-electron chi connectivity index (χ2n) is 8.54. The summed E-state index contributed by atoms with van der Waals surface area (Å²) < 4.78 is 6.82. The standard InChI is InChI=1S/C31H25BrN2O2S/c32-27-18-26(16-17-28(27)36-22-25-14-8-3-9-15-25)19-29-30(35)34(21-24-12-6-2-7-13-24)31(37-29)33-20-23-10-4-1-5-11-23/h1-19H,20-22H2/b29-19+,33-31?. The van der Waals surface area contributed by atoms with E-state index in [0.29, 0.717) is 29.8 Å². The molecule has 0 radical (unpaired) electrons. The maximum Gasteiger partial charge on any atom is 0.267 e. The molecule has 184 valence electrons. The van der Waals surface area contributed by atoms with Crippen molar-refractivity contribution in [3.05, 3.63) is 141 Å². The first-order valence-electron chi connectivity index (χ1n) is 12.0. The molecule has 37 heavy (non-hydrogen) atoms. The average Bonchev–Trinajstić information content (AvgIpc) is 3.22. The molecule has 0 bridgehead atoms. The van der Waals surface area contributed by atoms with E-state index < -0.39 is 0 Å². The fourth-order valence-electron chi connectivity index (χ4n) is 3.88. The van der Waals surface area contributed by atoms with Crippen molar-refractivity contribution >= 4 is 44.8 Å². The molecule has 4 nitrogen and oxygen atoms in total. The highest BCUT2D eigenvalue weighted by Gasteiger charge is 2.33. The zero-order valence-corrected chi connectivity index (χ0v) is 22.5. The Kier molecular flexibility index (Phi) is 8.18. The quantitative estimate of drug-likeness (QED) is 0.204. The second-order valence-corrected chi connectivity index (χ2v) is 10.4. The number of amidine groups is 1. The Morgan fingerprint density at radius 3 is 2.08 bits per heavy atom. The molecule has 1 fully saturated rings. The van der Waals surface area contributed by atoms with Gasteiger partial charge in [0.25, 0.3) is 5.91 Å². The smallest absolute Gasteiger partial charge is 0.267 e. The lowest BCUT2D eigenvalue weighted by atomic mass is 10.2. The van der Waals surface area contributed by atoms with Crippen LogP contribution in [0.2, 0.25) is 0 Å². The SMILES string of the molecule is O=C1/C(=C\c2ccc(OCc3ccccc3)c(Br)c2)SC(=NCc2ccccc2)N1Cc1ccccc1. The van der Waals surface area contributed by atoms with Crippen LogP contribution in [0.25, 0.3) is 6.08 Å². The lowest BCUT2D eigenvalue weighted by Gasteiger charge is -2.15. The summed E-state index contributed by atoms with van der Waals surface area (Å²) in [7, 11) is 0. The largest absolute Gasteiger partial charge is 0.488 e. The van der Waals surface area contributed by atoms with Crippen molar-refractivity contribution in [3.8, 4) is 5.75 Å². The number of carbonyl (C=O) groups excluding carboxylic acids is 1. The Morgan fingerprint density at radius 2 is 1.43 bits per heavy atom. The Bertz CT molecular complexity index is 1420. The van der Waals surface area contributed by atoms with Crippen molar-refractivity contribution in [2.45, 2.75) is 19.7 Å². The first-order chi connectivity index (χ1) is 18.2. The highest BCUT2D eigenvalue weighted by Crippen LogP contribution is 2.35. The van der Waals surface area contributed by atoms with E-state index in [1.807, 2.05) is 115 Å². The van der Waals surface area contributed by atoms with Crippen molar-refractivity contribution in [1.29, 1.82) is 0 Å². The summed E-state index contributed by atoms with van der Waals surface area (Å²) in [5.74, 6) is 0.716. The van der Waals surface area contributed by atoms with Crippen molar-refractivity contribution in [2.24, 2.45) is 4.99 Å². The van der Waals surface area contributed by atoms with Gasteiger partial charge in [0.15, 0.2) is 5.17 Å². The molecule has 0 saturated carbocycles. The van der Waals surface area contributed by atoms with Crippen LogP contribution in [0.4, 0.5) is 0 Å². The van der Waals surface area contributed by atoms with E-state index in [2.05, 4.69) is 15.9 Å². The number of rotatable bonds is 8. The molecule has 0 aliphatic carbocycles. The number of aliphatic imine (C=N–C) groups is 1. The number of carbonyl (C=O) groups is 1. The normalized spacial score (nSPS) is 15.5. The first kappa shape index (κ1) is 25.1. The molecule has 1 saturated heterocycles. The van der Waals surface area contributed by atoms with E-state index in [0.717, 1.165) is 32.5 Å². The number of amides is 1. The zero-order valence-electron chi connectivity index (χ0n) is 20.1. The van der Waals surface area contributed by atoms with Gasteiger partial charge in [-0.3, -0.25) is 14.7 Å². The van der Waals surface area contributed by atoms with E-state index in [-0.39, 0.29) is 5.91 Å². The molecule has 0 spiro atoms. The molecule has 1 heterocycles. The molecule has 1 aliphatic rings. The summed E-state index contributed by atoms with van der Waals surface area (Å²) >= 11 is 5.04. The van der Waals surface area contributed by atoms with Gasteiger partial charge in [0.1, 0.15) is 12.4 Å². The van der Waals surface area contributed by atoms with Crippen LogP contribution in [0.5, 0.6) is 5.75 Å². The summed E-state index contributed by atoms with van der Waals surface area (Å²) in [4.78, 5) is 20.7. The number of nitrogens with zero attached hydrogens (tertiary/aromatic N) is 2. The molecule has 0 aromatic heterocycles. The van der Waals surface area contributed by atoms with E-state index in [9.17, 15) is 4.79 Å². The summed E-state index contributed by atoms with van der Waals surface area (Å²) in [5.41, 5.74) is 4.19. The maximum atomic E-state index is 13.5. The average molecular weight is 570 g/mol. The number of thioether (sulfide) groups is 1. The molecule has 5 rings (SSSR count). The Hall–Kier alpha value is -3.61. The van der Waals surface area contributed by atoms with E-state index in [4.69, 9.17) is 9.73 Å². The second kappa shape index (κ2) is 12.1. The first-order valence-corrected chi connectivity index (χ1v) is 13.6. The number of hydrogen-bond donors (Lipinski definition) is 0. The van der Waals surface area contributed by atoms with E-state index in [1.165, 1.54) is 11.8 Å². The molecular formula is C31H25BrN2O2S. The highest BCUT2D eigenvalue weighted by molar-refractivity contribution is 9.10. The summed E-state index contributed by atoms with van der Waals surface area (Å²) in [6.45, 7) is 1.49. The van der Waals surface area contributed by atoms with Gasteiger partial charge in [-0.15, -0.1) is 0 Å². The monoisotopic (exact) mass is 568 g/mol. The minimum absolute atomic E-state index is 0.0406. The molecule has 0 unspecified atom stereocenters. The van der Waals surface area contributed by atoms with Gasteiger partial charge in [0.05, 0.1) is 22.5 Å². The summed E-state index contributed by atoms with van der Waals surface area (Å²) in [6, 6.07) is 36.0. The van der Waals surface area contributed by atoms with Gasteiger partial charge in [0, 0.05) is 0 Å². The summed E-state index contributed by atoms with van der Waals surface area (Å²) in [5, 5.41) is 0.714. The van der Waals surface area contributed by atoms with Gasteiger partial charge in [-0.25, -0.2) is 0 Å². The minimum atomic E-state index is -0.0406. The van der Waals surface area contributed by atoms with E-state index >= 15 is 0 Å². The van der Waals surface area contributed by atoms with Crippen LogP contribution in [-0.2, 0) is 24.5 Å². The van der Waals surface area contributed by atoms with Crippen molar-refractivity contribution in [3.63, 3.8) is 0 Å². The minimum Gasteiger partial charge on any atom is -0.488 e. The fraction of sp³-hybridized carbons (Fsp3) is 0.0968. The molecule has 1 aliphatic heterocycles. The van der Waals surface area contributed by atoms with Gasteiger partial charge >= 0.3 is 0 Å². The van der Waals surface area contributed by atoms with Gasteiger partial charge in [0.2, 0.25) is 0 Å². The van der Waals surface area contributed by atoms with Crippen molar-refractivity contribution < 1.29 is 9.53 Å². The molecule has 0 N–H and O–H groups in total.